The summed E-state index contributed by atoms with van der Waals surface area (Å²) >= 11 is 0. The van der Waals surface area contributed by atoms with E-state index >= 15 is 0 Å². The molecule has 9 nitrogen and oxygen atoms in total. The van der Waals surface area contributed by atoms with E-state index in [-0.39, 0.29) is 30.3 Å². The highest BCUT2D eigenvalue weighted by atomic mass is 28.4. The number of carbonyl (C=O) groups is 3. The molecule has 0 amide bonds. The van der Waals surface area contributed by atoms with E-state index in [0.717, 1.165) is 29.3 Å². The number of hydrogen-bond donors (Lipinski definition) is 1. The fourth-order valence-corrected chi connectivity index (χ4v) is 13.8. The van der Waals surface area contributed by atoms with Crippen LogP contribution in [0.4, 0.5) is 0 Å². The van der Waals surface area contributed by atoms with E-state index in [1.807, 2.05) is 58.0 Å². The molecule has 3 saturated heterocycles. The van der Waals surface area contributed by atoms with Crippen molar-refractivity contribution in [3.8, 4) is 0 Å². The lowest BCUT2D eigenvalue weighted by atomic mass is 9.63. The third kappa shape index (κ3) is 5.74. The highest BCUT2D eigenvalue weighted by Crippen LogP contribution is 2.68. The molecule has 1 spiro atoms. The van der Waals surface area contributed by atoms with Gasteiger partial charge < -0.3 is 28.5 Å². The van der Waals surface area contributed by atoms with Crippen LogP contribution in [0, 0.1) is 29.1 Å². The van der Waals surface area contributed by atoms with Crippen LogP contribution in [0.2, 0.25) is 18.1 Å². The number of benzene rings is 1. The van der Waals surface area contributed by atoms with Gasteiger partial charge in [-0.25, -0.2) is 9.59 Å². The van der Waals surface area contributed by atoms with Crippen LogP contribution in [-0.2, 0) is 44.4 Å². The number of allylic oxidation sites excluding steroid dienone is 1. The Balaban J connectivity index is 1.54. The summed E-state index contributed by atoms with van der Waals surface area (Å²) in [6.45, 7) is 23.6. The minimum atomic E-state index is -2.43. The van der Waals surface area contributed by atoms with Gasteiger partial charge in [0, 0.05) is 41.1 Å². The molecule has 0 aromatic heterocycles. The van der Waals surface area contributed by atoms with Gasteiger partial charge in [-0.05, 0) is 69.3 Å². The van der Waals surface area contributed by atoms with Crippen LogP contribution in [0.5, 0.6) is 0 Å². The minimum Gasteiger partial charge on any atom is -0.457 e. The minimum absolute atomic E-state index is 0.0396. The van der Waals surface area contributed by atoms with Crippen molar-refractivity contribution < 1.29 is 42.9 Å². The van der Waals surface area contributed by atoms with Crippen LogP contribution in [0.1, 0.15) is 86.6 Å². The Bertz CT molecular complexity index is 1640. The number of rotatable bonds is 12. The first-order valence-corrected chi connectivity index (χ1v) is 21.7. The van der Waals surface area contributed by atoms with E-state index in [1.54, 1.807) is 6.92 Å². The van der Waals surface area contributed by atoms with Gasteiger partial charge in [-0.2, -0.15) is 0 Å². The first kappa shape index (κ1) is 38.8. The van der Waals surface area contributed by atoms with Crippen molar-refractivity contribution in [3.05, 3.63) is 72.4 Å². The van der Waals surface area contributed by atoms with Crippen molar-refractivity contribution >= 4 is 26.0 Å². The standard InChI is InChI=1S/C42H58O9Si/c1-11-30(48-36(44)26(5)6)32-27(7)34(43)39(10)22-23-40-25-41(51-52(12-2,13-3)14-4)31(38(8,9)49-37(41)45)21-20-29(40)35(42(46,50-40)33(32)39)47-24-28-18-16-15-17-19-28/h11,15-20,27,30-33,35,46H,1,5,12-14,21-25H2,2-4,6-10H3/t27-,30-,31-,32+,33-,35-,39-,40-,41+,42-/m0/s1. The molecule has 2 aliphatic carbocycles. The topological polar surface area (TPSA) is 118 Å². The molecule has 1 saturated carbocycles. The maximum atomic E-state index is 14.6. The zero-order chi connectivity index (χ0) is 38.1. The molecule has 2 bridgehead atoms. The largest absolute Gasteiger partial charge is 0.457 e. The number of hydrogen-bond acceptors (Lipinski definition) is 9. The maximum absolute atomic E-state index is 14.6. The quantitative estimate of drug-likeness (QED) is 0.102. The molecule has 0 unspecified atom stereocenters. The molecule has 1 aromatic carbocycles. The van der Waals surface area contributed by atoms with E-state index in [4.69, 9.17) is 23.4 Å². The first-order chi connectivity index (χ1) is 24.4. The second-order valence-electron chi connectivity index (χ2n) is 16.9. The van der Waals surface area contributed by atoms with Crippen LogP contribution >= 0.6 is 0 Å². The third-order valence-electron chi connectivity index (χ3n) is 13.7. The molecule has 52 heavy (non-hydrogen) atoms. The Morgan fingerprint density at radius 2 is 1.75 bits per heavy atom. The predicted molar refractivity (Wildman–Crippen MR) is 199 cm³/mol. The SMILES string of the molecule is C=C[C@H](OC(=O)C(=C)C)[C@H]1[C@H](C)C(=O)[C@@]2(C)CC[C@]34C[C@]5(O[Si](CC)(CC)CC)C(=O)OC(C)(C)[C@@H]5CC=C3[C@H](OCc3ccccc3)[C@@](O)(O4)[C@@H]12. The van der Waals surface area contributed by atoms with Crippen LogP contribution in [0.15, 0.2) is 66.8 Å². The highest BCUT2D eigenvalue weighted by Gasteiger charge is 2.77. The lowest BCUT2D eigenvalue weighted by Gasteiger charge is -2.45. The van der Waals surface area contributed by atoms with Crippen molar-refractivity contribution in [3.63, 3.8) is 0 Å². The third-order valence-corrected chi connectivity index (χ3v) is 18.3. The average Bonchev–Trinajstić information content (AvgIpc) is 3.44. The molecule has 6 rings (SSSR count). The lowest BCUT2D eigenvalue weighted by Crippen LogP contribution is -2.58. The monoisotopic (exact) mass is 734 g/mol. The molecule has 3 aliphatic heterocycles. The predicted octanol–water partition coefficient (Wildman–Crippen LogP) is 7.39. The molecule has 10 heteroatoms. The van der Waals surface area contributed by atoms with Crippen LogP contribution in [-0.4, -0.2) is 65.9 Å². The van der Waals surface area contributed by atoms with Crippen molar-refractivity contribution in [2.24, 2.45) is 29.1 Å². The lowest BCUT2D eigenvalue weighted by molar-refractivity contribution is -0.301. The van der Waals surface area contributed by atoms with Gasteiger partial charge >= 0.3 is 11.9 Å². The molecule has 1 aromatic rings. The molecular formula is C42H58O9Si. The zero-order valence-corrected chi connectivity index (χ0v) is 33.3. The molecule has 5 aliphatic rings. The number of fused-ring (bicyclic) bond motifs is 4. The zero-order valence-electron chi connectivity index (χ0n) is 32.3. The van der Waals surface area contributed by atoms with E-state index < -0.39 is 78.2 Å². The summed E-state index contributed by atoms with van der Waals surface area (Å²) in [5, 5.41) is 13.5. The number of aliphatic hydroxyl groups is 1. The fraction of sp³-hybridized carbons (Fsp3) is 0.643. The van der Waals surface area contributed by atoms with Crippen molar-refractivity contribution in [1.82, 2.24) is 0 Å². The normalized spacial score (nSPS) is 38.2. The Labute approximate surface area is 310 Å². The Kier molecular flexibility index (Phi) is 10.0. The maximum Gasteiger partial charge on any atom is 0.338 e. The van der Waals surface area contributed by atoms with Gasteiger partial charge in [0.05, 0.1) is 12.2 Å². The van der Waals surface area contributed by atoms with Gasteiger partial charge in [0.2, 0.25) is 5.79 Å². The molecular weight excluding hydrogens is 677 g/mol. The van der Waals surface area contributed by atoms with Gasteiger partial charge in [-0.1, -0.05) is 90.3 Å². The van der Waals surface area contributed by atoms with Crippen molar-refractivity contribution in [2.75, 3.05) is 0 Å². The molecule has 1 N–H and O–H groups in total. The number of cyclic esters (lactones) is 1. The first-order valence-electron chi connectivity index (χ1n) is 19.2. The number of carbonyl (C=O) groups excluding carboxylic acids is 3. The number of Topliss-reactive ketones (excluding diaryl/α,β-unsaturated/α-hetero) is 1. The molecule has 4 fully saturated rings. The van der Waals surface area contributed by atoms with Crippen LogP contribution < -0.4 is 0 Å². The van der Waals surface area contributed by atoms with Crippen molar-refractivity contribution in [2.45, 2.75) is 141 Å². The molecule has 10 atom stereocenters. The van der Waals surface area contributed by atoms with E-state index in [2.05, 4.69) is 40.0 Å². The van der Waals surface area contributed by atoms with Crippen LogP contribution in [0.3, 0.4) is 0 Å². The summed E-state index contributed by atoms with van der Waals surface area (Å²) in [4.78, 5) is 42.0. The summed E-state index contributed by atoms with van der Waals surface area (Å²) in [5.41, 5.74) is -2.54. The second-order valence-corrected chi connectivity index (χ2v) is 21.6. The van der Waals surface area contributed by atoms with Gasteiger partial charge in [0.1, 0.15) is 23.6 Å². The summed E-state index contributed by atoms with van der Waals surface area (Å²) in [5.74, 6) is -5.53. The highest BCUT2D eigenvalue weighted by molar-refractivity contribution is 6.73. The van der Waals surface area contributed by atoms with Gasteiger partial charge in [0.15, 0.2) is 13.9 Å². The van der Waals surface area contributed by atoms with E-state index in [1.165, 1.54) is 6.08 Å². The van der Waals surface area contributed by atoms with Gasteiger partial charge in [-0.15, -0.1) is 0 Å². The average molecular weight is 735 g/mol. The number of ketones is 1. The second kappa shape index (κ2) is 13.4. The summed E-state index contributed by atoms with van der Waals surface area (Å²) in [7, 11) is -2.43. The Hall–Kier alpha value is -2.89. The fourth-order valence-electron chi connectivity index (χ4n) is 10.7. The Morgan fingerprint density at radius 3 is 2.35 bits per heavy atom. The molecule has 0 radical (unpaired) electrons. The smallest absolute Gasteiger partial charge is 0.338 e. The van der Waals surface area contributed by atoms with Crippen LogP contribution in [0.25, 0.3) is 0 Å². The molecule has 284 valence electrons. The van der Waals surface area contributed by atoms with Crippen molar-refractivity contribution in [1.29, 1.82) is 0 Å². The summed E-state index contributed by atoms with van der Waals surface area (Å²) < 4.78 is 33.6. The number of esters is 2. The summed E-state index contributed by atoms with van der Waals surface area (Å²) in [6, 6.07) is 12.2. The van der Waals surface area contributed by atoms with E-state index in [0.29, 0.717) is 19.3 Å². The van der Waals surface area contributed by atoms with Gasteiger partial charge in [0.25, 0.3) is 0 Å². The van der Waals surface area contributed by atoms with Gasteiger partial charge in [-0.3, -0.25) is 4.79 Å². The van der Waals surface area contributed by atoms with E-state index in [9.17, 15) is 19.5 Å². The number of ether oxygens (including phenoxy) is 4. The Morgan fingerprint density at radius 1 is 1.10 bits per heavy atom. The summed E-state index contributed by atoms with van der Waals surface area (Å²) in [6.07, 6.45) is 3.02. The molecule has 3 heterocycles.